The number of non-ortho nitro benzene ring substituents is 1. The Kier molecular flexibility index (Phi) is 5.88. The molecule has 0 fully saturated rings. The van der Waals surface area contributed by atoms with Crippen molar-refractivity contribution in [3.05, 3.63) is 110 Å². The third-order valence-corrected chi connectivity index (χ3v) is 6.14. The van der Waals surface area contributed by atoms with Crippen molar-refractivity contribution < 1.29 is 14.4 Å². The molecule has 1 aromatic heterocycles. The molecule has 35 heavy (non-hydrogen) atoms. The second kappa shape index (κ2) is 9.15. The summed E-state index contributed by atoms with van der Waals surface area (Å²) in [6, 6.07) is 22.3. The van der Waals surface area contributed by atoms with E-state index in [-0.39, 0.29) is 18.0 Å². The summed E-state index contributed by atoms with van der Waals surface area (Å²) in [6.45, 7) is 0.603. The van der Waals surface area contributed by atoms with Crippen LogP contribution in [0.5, 0.6) is 11.6 Å². The number of nitro benzene ring substituents is 1. The summed E-state index contributed by atoms with van der Waals surface area (Å²) in [5, 5.41) is 11.6. The Balaban J connectivity index is 1.64. The number of ether oxygens (including phenoxy) is 2. The lowest BCUT2D eigenvalue weighted by Crippen LogP contribution is -2.36. The zero-order chi connectivity index (χ0) is 24.5. The highest BCUT2D eigenvalue weighted by Gasteiger charge is 2.26. The first kappa shape index (κ1) is 22.5. The van der Waals surface area contributed by atoms with Gasteiger partial charge in [0, 0.05) is 34.5 Å². The first-order valence-corrected chi connectivity index (χ1v) is 11.1. The minimum Gasteiger partial charge on any atom is -0.497 e. The highest BCUT2D eigenvalue weighted by molar-refractivity contribution is 6.30. The number of nitrogens with zero attached hydrogens (tertiary/aromatic N) is 3. The smallest absolute Gasteiger partial charge is 0.269 e. The van der Waals surface area contributed by atoms with Crippen LogP contribution in [0.1, 0.15) is 5.56 Å². The van der Waals surface area contributed by atoms with E-state index in [1.54, 1.807) is 49.6 Å². The fourth-order valence-electron chi connectivity index (χ4n) is 4.12. The quantitative estimate of drug-likeness (QED) is 0.274. The Morgan fingerprint density at radius 3 is 2.26 bits per heavy atom. The summed E-state index contributed by atoms with van der Waals surface area (Å²) in [7, 11) is 1.60. The van der Waals surface area contributed by atoms with Crippen LogP contribution in [0.15, 0.2) is 83.7 Å². The van der Waals surface area contributed by atoms with Gasteiger partial charge in [-0.15, -0.1) is 0 Å². The first-order valence-electron chi connectivity index (χ1n) is 10.8. The van der Waals surface area contributed by atoms with Gasteiger partial charge in [0.25, 0.3) is 11.2 Å². The van der Waals surface area contributed by atoms with E-state index in [2.05, 4.69) is 0 Å². The number of hydrogen-bond donors (Lipinski definition) is 0. The van der Waals surface area contributed by atoms with Crippen molar-refractivity contribution >= 4 is 23.0 Å². The Morgan fingerprint density at radius 1 is 0.971 bits per heavy atom. The lowest BCUT2D eigenvalue weighted by atomic mass is 9.99. The molecular weight excluding hydrogens is 470 g/mol. The van der Waals surface area contributed by atoms with Crippen molar-refractivity contribution in [1.82, 2.24) is 4.57 Å². The normalized spacial score (nSPS) is 12.6. The number of anilines is 1. The molecule has 0 atom stereocenters. The molecule has 1 aliphatic heterocycles. The van der Waals surface area contributed by atoms with Crippen molar-refractivity contribution in [3.8, 4) is 28.4 Å². The highest BCUT2D eigenvalue weighted by Crippen LogP contribution is 2.37. The van der Waals surface area contributed by atoms with Gasteiger partial charge in [0.2, 0.25) is 5.88 Å². The van der Waals surface area contributed by atoms with Gasteiger partial charge < -0.3 is 14.4 Å². The third-order valence-electron chi connectivity index (χ3n) is 5.89. The van der Waals surface area contributed by atoms with Crippen LogP contribution >= 0.6 is 11.6 Å². The van der Waals surface area contributed by atoms with Crippen LogP contribution in [-0.2, 0) is 6.54 Å². The molecule has 0 unspecified atom stereocenters. The number of rotatable bonds is 5. The molecule has 0 aliphatic carbocycles. The van der Waals surface area contributed by atoms with Crippen molar-refractivity contribution in [2.24, 2.45) is 0 Å². The Morgan fingerprint density at radius 2 is 1.63 bits per heavy atom. The van der Waals surface area contributed by atoms with Crippen LogP contribution in [0, 0.1) is 10.1 Å². The highest BCUT2D eigenvalue weighted by atomic mass is 35.5. The third kappa shape index (κ3) is 4.31. The van der Waals surface area contributed by atoms with Gasteiger partial charge in [-0.1, -0.05) is 23.7 Å². The SMILES string of the molecule is COc1ccc(-c2cc(=O)n(-c3ccc(Cl)cc3)c3c2CN(c2ccc([N+](=O)[O-])cc2)CO3)cc1. The van der Waals surface area contributed by atoms with Crippen molar-refractivity contribution in [1.29, 1.82) is 0 Å². The molecule has 2 heterocycles. The van der Waals surface area contributed by atoms with Crippen molar-refractivity contribution in [3.63, 3.8) is 0 Å². The second-order valence-electron chi connectivity index (χ2n) is 7.97. The minimum absolute atomic E-state index is 0.0163. The van der Waals surface area contributed by atoms with E-state index in [1.165, 1.54) is 16.7 Å². The molecule has 0 saturated carbocycles. The Labute approximate surface area is 205 Å². The molecule has 8 nitrogen and oxygen atoms in total. The minimum atomic E-state index is -0.432. The van der Waals surface area contributed by atoms with E-state index in [4.69, 9.17) is 21.1 Å². The summed E-state index contributed by atoms with van der Waals surface area (Å²) >= 11 is 6.05. The molecule has 9 heteroatoms. The Hall–Kier alpha value is -4.30. The average Bonchev–Trinajstić information content (AvgIpc) is 2.89. The van der Waals surface area contributed by atoms with E-state index in [1.807, 2.05) is 29.2 Å². The maximum absolute atomic E-state index is 13.3. The van der Waals surface area contributed by atoms with Crippen LogP contribution < -0.4 is 19.9 Å². The van der Waals surface area contributed by atoms with Gasteiger partial charge in [-0.05, 0) is 59.7 Å². The van der Waals surface area contributed by atoms with Gasteiger partial charge in [-0.3, -0.25) is 14.9 Å². The molecule has 0 amide bonds. The number of hydrogen-bond acceptors (Lipinski definition) is 6. The fraction of sp³-hybridized carbons (Fsp3) is 0.115. The number of pyridine rings is 1. The predicted molar refractivity (Wildman–Crippen MR) is 134 cm³/mol. The van der Waals surface area contributed by atoms with Gasteiger partial charge in [0.1, 0.15) is 5.75 Å². The monoisotopic (exact) mass is 489 g/mol. The lowest BCUT2D eigenvalue weighted by molar-refractivity contribution is -0.384. The number of nitro groups is 1. The number of halogens is 1. The average molecular weight is 490 g/mol. The largest absolute Gasteiger partial charge is 0.497 e. The van der Waals surface area contributed by atoms with Gasteiger partial charge in [-0.2, -0.15) is 0 Å². The fourth-order valence-corrected chi connectivity index (χ4v) is 4.25. The number of fused-ring (bicyclic) bond motifs is 1. The number of benzene rings is 3. The maximum atomic E-state index is 13.3. The summed E-state index contributed by atoms with van der Waals surface area (Å²) in [6.07, 6.45) is 0. The second-order valence-corrected chi connectivity index (χ2v) is 8.40. The molecule has 3 aromatic carbocycles. The maximum Gasteiger partial charge on any atom is 0.269 e. The van der Waals surface area contributed by atoms with Crippen LogP contribution in [0.3, 0.4) is 0 Å². The van der Waals surface area contributed by atoms with Gasteiger partial charge in [0.15, 0.2) is 6.73 Å². The molecule has 0 N–H and O–H groups in total. The Bertz CT molecular complexity index is 1450. The molecule has 0 saturated heterocycles. The van der Waals surface area contributed by atoms with Crippen LogP contribution in [-0.4, -0.2) is 23.3 Å². The molecule has 0 radical (unpaired) electrons. The van der Waals surface area contributed by atoms with Crippen LogP contribution in [0.2, 0.25) is 5.02 Å². The molecular formula is C26H20ClN3O5. The topological polar surface area (TPSA) is 86.8 Å². The van der Waals surface area contributed by atoms with E-state index in [0.717, 1.165) is 22.4 Å². The summed E-state index contributed by atoms with van der Waals surface area (Å²) in [4.78, 5) is 25.9. The predicted octanol–water partition coefficient (Wildman–Crippen LogP) is 5.43. The summed E-state index contributed by atoms with van der Waals surface area (Å²) in [5.74, 6) is 1.16. The zero-order valence-electron chi connectivity index (χ0n) is 18.7. The zero-order valence-corrected chi connectivity index (χ0v) is 19.4. The van der Waals surface area contributed by atoms with E-state index in [9.17, 15) is 14.9 Å². The molecule has 4 aromatic rings. The molecule has 1 aliphatic rings. The van der Waals surface area contributed by atoms with Gasteiger partial charge in [-0.25, -0.2) is 4.57 Å². The van der Waals surface area contributed by atoms with Crippen LogP contribution in [0.4, 0.5) is 11.4 Å². The molecule has 5 rings (SSSR count). The summed E-state index contributed by atoms with van der Waals surface area (Å²) in [5.41, 5.74) is 3.59. The molecule has 176 valence electrons. The van der Waals surface area contributed by atoms with E-state index < -0.39 is 4.92 Å². The number of methoxy groups -OCH3 is 1. The molecule has 0 spiro atoms. The molecule has 0 bridgehead atoms. The van der Waals surface area contributed by atoms with Gasteiger partial charge >= 0.3 is 0 Å². The van der Waals surface area contributed by atoms with Crippen LogP contribution in [0.25, 0.3) is 16.8 Å². The van der Waals surface area contributed by atoms with E-state index >= 15 is 0 Å². The summed E-state index contributed by atoms with van der Waals surface area (Å²) < 4.78 is 13.0. The lowest BCUT2D eigenvalue weighted by Gasteiger charge is -2.33. The number of aromatic nitrogens is 1. The van der Waals surface area contributed by atoms with Crippen molar-refractivity contribution in [2.45, 2.75) is 6.54 Å². The first-order chi connectivity index (χ1) is 16.9. The van der Waals surface area contributed by atoms with Crippen molar-refractivity contribution in [2.75, 3.05) is 18.7 Å². The standard InChI is InChI=1S/C26H20ClN3O5/c1-34-22-12-2-17(3-13-22)23-14-25(31)29(20-6-4-18(27)5-7-20)26-24(23)15-28(16-35-26)19-8-10-21(11-9-19)30(32)33/h2-14H,15-16H2,1H3. The van der Waals surface area contributed by atoms with E-state index in [0.29, 0.717) is 28.9 Å². The van der Waals surface area contributed by atoms with Gasteiger partial charge in [0.05, 0.1) is 24.3 Å².